The molecule has 0 spiro atoms. The summed E-state index contributed by atoms with van der Waals surface area (Å²) in [5, 5.41) is 9.65. The van der Waals surface area contributed by atoms with Crippen molar-refractivity contribution >= 4 is 31.6 Å². The van der Waals surface area contributed by atoms with E-state index in [1.807, 2.05) is 6.92 Å². The Hall–Kier alpha value is -2.68. The first-order valence-electron chi connectivity index (χ1n) is 11.3. The van der Waals surface area contributed by atoms with Crippen LogP contribution in [-0.4, -0.2) is 91.8 Å². The molecule has 0 saturated heterocycles. The molecule has 0 unspecified atom stereocenters. The van der Waals surface area contributed by atoms with E-state index in [9.17, 15) is 26.7 Å². The first-order chi connectivity index (χ1) is 16.7. The second-order valence-corrected chi connectivity index (χ2v) is 13.0. The lowest BCUT2D eigenvalue weighted by atomic mass is 10.0. The largest absolute Gasteiger partial charge is 0.488 e. The third kappa shape index (κ3) is 6.55. The van der Waals surface area contributed by atoms with Crippen LogP contribution in [0.2, 0.25) is 0 Å². The Morgan fingerprint density at radius 1 is 1.31 bits per heavy atom. The van der Waals surface area contributed by atoms with E-state index in [1.54, 1.807) is 24.9 Å². The van der Waals surface area contributed by atoms with Crippen molar-refractivity contribution in [2.75, 3.05) is 37.7 Å². The predicted octanol–water partition coefficient (Wildman–Crippen LogP) is 0.261. The molecule has 0 fully saturated rings. The number of aliphatic hydroxyl groups is 1. The number of nitrogens with one attached hydrogen (secondary N) is 1. The number of carbonyl (C=O) groups excluding carboxylic acids is 1. The maximum Gasteiger partial charge on any atom is 0.261 e. The summed E-state index contributed by atoms with van der Waals surface area (Å²) in [6.07, 6.45) is 3.09. The van der Waals surface area contributed by atoms with Crippen LogP contribution in [-0.2, 0) is 38.3 Å². The first-order valence-corrected chi connectivity index (χ1v) is 14.7. The molecule has 1 amide bonds. The highest BCUT2D eigenvalue weighted by molar-refractivity contribution is 7.92. The smallest absolute Gasteiger partial charge is 0.261 e. The lowest BCUT2D eigenvalue weighted by Gasteiger charge is -2.33. The molecule has 200 valence electrons. The van der Waals surface area contributed by atoms with Crippen molar-refractivity contribution in [2.24, 2.45) is 13.0 Å². The maximum absolute atomic E-state index is 13.2. The van der Waals surface area contributed by atoms with Crippen LogP contribution in [0.4, 0.5) is 5.69 Å². The normalized spacial score (nSPS) is 20.2. The molecule has 36 heavy (non-hydrogen) atoms. The van der Waals surface area contributed by atoms with Crippen LogP contribution >= 0.6 is 0 Å². The minimum Gasteiger partial charge on any atom is -0.488 e. The van der Waals surface area contributed by atoms with E-state index < -0.39 is 32.2 Å². The monoisotopic (exact) mass is 543 g/mol. The molecule has 0 aliphatic carbocycles. The fraction of sp³-hybridized carbons (Fsp3) is 0.545. The van der Waals surface area contributed by atoms with Crippen LogP contribution in [0, 0.1) is 5.92 Å². The molecule has 2 aromatic rings. The van der Waals surface area contributed by atoms with Crippen molar-refractivity contribution in [3.05, 3.63) is 36.3 Å². The standard InChI is InChI=1S/C22H33N5O7S2/c1-15-10-27(16(2)13-28)22(29)9-17-8-18(24-35(5,30)31)6-7-19(17)34-20(15)11-26(4)36(32,33)21-12-25(3)14-23-21/h6-8,12,14-16,20,24,28H,9-11,13H2,1-5H3/t15-,16-,20+/m1/s1. The molecule has 0 bridgehead atoms. The van der Waals surface area contributed by atoms with Crippen molar-refractivity contribution < 1.29 is 31.5 Å². The number of ether oxygens (including phenoxy) is 1. The van der Waals surface area contributed by atoms with E-state index >= 15 is 0 Å². The summed E-state index contributed by atoms with van der Waals surface area (Å²) in [7, 11) is -4.33. The lowest BCUT2D eigenvalue weighted by Crippen LogP contribution is -2.48. The van der Waals surface area contributed by atoms with Crippen LogP contribution in [0.5, 0.6) is 5.75 Å². The summed E-state index contributed by atoms with van der Waals surface area (Å²) in [6, 6.07) is 4.13. The Bertz CT molecular complexity index is 1310. The number of amides is 1. The molecule has 14 heteroatoms. The summed E-state index contributed by atoms with van der Waals surface area (Å²) in [5.74, 6) is -0.231. The van der Waals surface area contributed by atoms with Gasteiger partial charge in [0.25, 0.3) is 10.0 Å². The van der Waals surface area contributed by atoms with Crippen molar-refractivity contribution in [3.8, 4) is 5.75 Å². The Kier molecular flexibility index (Phi) is 8.33. The van der Waals surface area contributed by atoms with Crippen molar-refractivity contribution in [1.82, 2.24) is 18.8 Å². The average molecular weight is 544 g/mol. The fourth-order valence-corrected chi connectivity index (χ4v) is 5.66. The maximum atomic E-state index is 13.2. The third-order valence-corrected chi connectivity index (χ3v) is 8.33. The number of hydrogen-bond donors (Lipinski definition) is 2. The molecule has 3 atom stereocenters. The van der Waals surface area contributed by atoms with Gasteiger partial charge in [0.05, 0.1) is 38.2 Å². The van der Waals surface area contributed by atoms with E-state index in [0.29, 0.717) is 11.3 Å². The van der Waals surface area contributed by atoms with Gasteiger partial charge in [0.2, 0.25) is 15.9 Å². The number of aromatic nitrogens is 2. The number of aliphatic hydroxyl groups excluding tert-OH is 1. The summed E-state index contributed by atoms with van der Waals surface area (Å²) in [6.45, 7) is 3.52. The van der Waals surface area contributed by atoms with Crippen LogP contribution in [0.1, 0.15) is 19.4 Å². The molecule has 0 radical (unpaired) electrons. The van der Waals surface area contributed by atoms with Crippen LogP contribution < -0.4 is 9.46 Å². The van der Waals surface area contributed by atoms with Gasteiger partial charge < -0.3 is 19.3 Å². The Labute approximate surface area is 212 Å². The van der Waals surface area contributed by atoms with Crippen LogP contribution in [0.3, 0.4) is 0 Å². The number of nitrogens with zero attached hydrogens (tertiary/aromatic N) is 4. The van der Waals surface area contributed by atoms with E-state index in [-0.39, 0.29) is 48.7 Å². The molecular formula is C22H33N5O7S2. The number of rotatable bonds is 8. The number of benzene rings is 1. The highest BCUT2D eigenvalue weighted by Crippen LogP contribution is 2.30. The molecule has 1 aromatic heterocycles. The number of carbonyl (C=O) groups is 1. The number of imidazole rings is 1. The van der Waals surface area contributed by atoms with Crippen molar-refractivity contribution in [1.29, 1.82) is 0 Å². The molecule has 0 saturated carbocycles. The van der Waals surface area contributed by atoms with Gasteiger partial charge in [0, 0.05) is 44.0 Å². The molecule has 3 rings (SSSR count). The molecule has 1 aromatic carbocycles. The van der Waals surface area contributed by atoms with Crippen LogP contribution in [0.15, 0.2) is 35.7 Å². The number of anilines is 1. The number of fused-ring (bicyclic) bond motifs is 1. The third-order valence-electron chi connectivity index (χ3n) is 6.01. The molecule has 1 aliphatic heterocycles. The Balaban J connectivity index is 1.99. The lowest BCUT2D eigenvalue weighted by molar-refractivity contribution is -0.134. The molecular weight excluding hydrogens is 510 g/mol. The molecule has 1 aliphatic rings. The van der Waals surface area contributed by atoms with E-state index in [0.717, 1.165) is 10.6 Å². The molecule has 2 heterocycles. The molecule has 2 N–H and O–H groups in total. The number of hydrogen-bond acceptors (Lipinski definition) is 8. The first kappa shape index (κ1) is 27.9. The minimum atomic E-state index is -3.90. The van der Waals surface area contributed by atoms with Gasteiger partial charge in [-0.25, -0.2) is 21.8 Å². The van der Waals surface area contributed by atoms with Crippen molar-refractivity contribution in [2.45, 2.75) is 37.4 Å². The average Bonchev–Trinajstić information content (AvgIpc) is 3.24. The van der Waals surface area contributed by atoms with Crippen LogP contribution in [0.25, 0.3) is 0 Å². The second kappa shape index (κ2) is 10.7. The van der Waals surface area contributed by atoms with Crippen molar-refractivity contribution in [3.63, 3.8) is 0 Å². The van der Waals surface area contributed by atoms with Gasteiger partial charge in [-0.2, -0.15) is 4.31 Å². The van der Waals surface area contributed by atoms with Gasteiger partial charge in [0.1, 0.15) is 11.9 Å². The number of sulfonamides is 2. The SMILES string of the molecule is C[C@@H]1CN([C@H](C)CO)C(=O)Cc2cc(NS(C)(=O)=O)ccc2O[C@H]1CN(C)S(=O)(=O)c1cn(C)cn1. The molecule has 12 nitrogen and oxygen atoms in total. The van der Waals surface area contributed by atoms with Gasteiger partial charge in [-0.05, 0) is 25.1 Å². The van der Waals surface area contributed by atoms with E-state index in [2.05, 4.69) is 9.71 Å². The summed E-state index contributed by atoms with van der Waals surface area (Å²) in [5.41, 5.74) is 0.714. The fourth-order valence-electron chi connectivity index (χ4n) is 3.96. The predicted molar refractivity (Wildman–Crippen MR) is 133 cm³/mol. The van der Waals surface area contributed by atoms with Gasteiger partial charge in [-0.1, -0.05) is 6.92 Å². The number of aryl methyl sites for hydroxylation is 1. The summed E-state index contributed by atoms with van der Waals surface area (Å²) >= 11 is 0. The van der Waals surface area contributed by atoms with E-state index in [1.165, 1.54) is 36.3 Å². The topological polar surface area (TPSA) is 151 Å². The summed E-state index contributed by atoms with van der Waals surface area (Å²) in [4.78, 5) is 18.7. The van der Waals surface area contributed by atoms with Gasteiger partial charge >= 0.3 is 0 Å². The number of likely N-dealkylation sites (N-methyl/N-ethyl adjacent to an activating group) is 1. The Morgan fingerprint density at radius 3 is 2.58 bits per heavy atom. The van der Waals surface area contributed by atoms with E-state index in [4.69, 9.17) is 4.74 Å². The summed E-state index contributed by atoms with van der Waals surface area (Å²) < 4.78 is 60.9. The zero-order chi connectivity index (χ0) is 26.8. The Morgan fingerprint density at radius 2 is 2.00 bits per heavy atom. The zero-order valence-corrected chi connectivity index (χ0v) is 22.6. The van der Waals surface area contributed by atoms with Gasteiger partial charge in [-0.15, -0.1) is 0 Å². The quantitative estimate of drug-likeness (QED) is 0.481. The highest BCUT2D eigenvalue weighted by atomic mass is 32.2. The second-order valence-electron chi connectivity index (χ2n) is 9.25. The highest BCUT2D eigenvalue weighted by Gasteiger charge is 2.34. The zero-order valence-electron chi connectivity index (χ0n) is 20.9. The van der Waals surface area contributed by atoms with Gasteiger partial charge in [-0.3, -0.25) is 9.52 Å². The minimum absolute atomic E-state index is 0.0294. The van der Waals surface area contributed by atoms with Gasteiger partial charge in [0.15, 0.2) is 5.03 Å².